The molecule has 21 heavy (non-hydrogen) atoms. The predicted molar refractivity (Wildman–Crippen MR) is 72.9 cm³/mol. The average Bonchev–Trinajstić information content (AvgIpc) is 2.79. The summed E-state index contributed by atoms with van der Waals surface area (Å²) in [6.07, 6.45) is 0.158. The quantitative estimate of drug-likeness (QED) is 0.829. The Morgan fingerprint density at radius 3 is 2.48 bits per heavy atom. The maximum Gasteiger partial charge on any atom is 0.333 e. The van der Waals surface area contributed by atoms with Gasteiger partial charge in [-0.1, -0.05) is 35.5 Å². The van der Waals surface area contributed by atoms with Crippen molar-refractivity contribution in [3.8, 4) is 0 Å². The fourth-order valence-electron chi connectivity index (χ4n) is 2.10. The smallest absolute Gasteiger partial charge is 0.333 e. The Morgan fingerprint density at radius 2 is 1.90 bits per heavy atom. The number of rotatable bonds is 6. The number of carboxylic acid groups (broad SMARTS) is 2. The number of aromatic nitrogens is 3. The lowest BCUT2D eigenvalue weighted by molar-refractivity contribution is -0.140. The third kappa shape index (κ3) is 3.25. The van der Waals surface area contributed by atoms with Gasteiger partial charge >= 0.3 is 11.9 Å². The highest BCUT2D eigenvalue weighted by atomic mass is 16.4. The number of nitrogens with zero attached hydrogens (tertiary/aromatic N) is 3. The Balaban J connectivity index is 2.34. The summed E-state index contributed by atoms with van der Waals surface area (Å²) in [5.74, 6) is -1.97. The van der Waals surface area contributed by atoms with Crippen LogP contribution in [0.15, 0.2) is 30.3 Å². The van der Waals surface area contributed by atoms with Crippen LogP contribution in [0.25, 0.3) is 0 Å². The normalized spacial score (nSPS) is 12.0. The van der Waals surface area contributed by atoms with Crippen LogP contribution in [0.2, 0.25) is 0 Å². The molecule has 1 atom stereocenters. The first kappa shape index (κ1) is 14.7. The van der Waals surface area contributed by atoms with Crippen LogP contribution in [-0.2, 0) is 16.0 Å². The third-order valence-corrected chi connectivity index (χ3v) is 3.19. The number of hydrogen-bond acceptors (Lipinski definition) is 4. The van der Waals surface area contributed by atoms with Crippen LogP contribution in [-0.4, -0.2) is 37.1 Å². The van der Waals surface area contributed by atoms with Gasteiger partial charge in [0.15, 0.2) is 6.04 Å². The third-order valence-electron chi connectivity index (χ3n) is 3.19. The minimum Gasteiger partial charge on any atom is -0.481 e. The molecule has 2 N–H and O–H groups in total. The van der Waals surface area contributed by atoms with E-state index in [-0.39, 0.29) is 12.8 Å². The van der Waals surface area contributed by atoms with Crippen molar-refractivity contribution in [3.05, 3.63) is 47.3 Å². The van der Waals surface area contributed by atoms with E-state index in [9.17, 15) is 14.7 Å². The van der Waals surface area contributed by atoms with Gasteiger partial charge in [-0.15, -0.1) is 5.10 Å². The van der Waals surface area contributed by atoms with Gasteiger partial charge in [-0.25, -0.2) is 9.48 Å². The molecule has 2 aromatic rings. The zero-order chi connectivity index (χ0) is 15.4. The molecule has 110 valence electrons. The Labute approximate surface area is 120 Å². The second kappa shape index (κ2) is 6.17. The molecule has 2 rings (SSSR count). The summed E-state index contributed by atoms with van der Waals surface area (Å²) in [7, 11) is 0. The number of hydrogen-bond donors (Lipinski definition) is 2. The van der Waals surface area contributed by atoms with Crippen molar-refractivity contribution < 1.29 is 19.8 Å². The van der Waals surface area contributed by atoms with Gasteiger partial charge in [0.1, 0.15) is 0 Å². The lowest BCUT2D eigenvalue weighted by atomic mass is 10.1. The van der Waals surface area contributed by atoms with Gasteiger partial charge in [0, 0.05) is 6.42 Å². The summed E-state index contributed by atoms with van der Waals surface area (Å²) in [5, 5.41) is 25.9. The van der Waals surface area contributed by atoms with Gasteiger partial charge in [0.05, 0.1) is 17.8 Å². The molecule has 0 amide bonds. The van der Waals surface area contributed by atoms with Crippen molar-refractivity contribution in [1.29, 1.82) is 0 Å². The highest BCUT2D eigenvalue weighted by Crippen LogP contribution is 2.21. The Hall–Kier alpha value is -2.70. The second-order valence-corrected chi connectivity index (χ2v) is 4.61. The maximum absolute atomic E-state index is 11.5. The van der Waals surface area contributed by atoms with E-state index in [1.807, 2.05) is 0 Å². The van der Waals surface area contributed by atoms with E-state index in [1.165, 1.54) is 4.68 Å². The molecule has 7 nitrogen and oxygen atoms in total. The number of carbonyl (C=O) groups is 2. The van der Waals surface area contributed by atoms with E-state index in [2.05, 4.69) is 10.3 Å². The van der Waals surface area contributed by atoms with Crippen LogP contribution in [0.4, 0.5) is 0 Å². The highest BCUT2D eigenvalue weighted by molar-refractivity contribution is 5.76. The largest absolute Gasteiger partial charge is 0.481 e. The number of aliphatic carboxylic acids is 2. The number of carboxylic acids is 2. The Kier molecular flexibility index (Phi) is 4.32. The molecule has 0 aliphatic carbocycles. The van der Waals surface area contributed by atoms with Crippen molar-refractivity contribution in [1.82, 2.24) is 15.0 Å². The fourth-order valence-corrected chi connectivity index (χ4v) is 2.10. The second-order valence-electron chi connectivity index (χ2n) is 4.61. The predicted octanol–water partition coefficient (Wildman–Crippen LogP) is 1.28. The summed E-state index contributed by atoms with van der Waals surface area (Å²) in [6, 6.07) is 7.74. The fraction of sp³-hybridized carbons (Fsp3) is 0.286. The summed E-state index contributed by atoms with van der Waals surface area (Å²) >= 11 is 0. The summed E-state index contributed by atoms with van der Waals surface area (Å²) in [6.45, 7) is 1.69. The summed E-state index contributed by atoms with van der Waals surface area (Å²) in [4.78, 5) is 22.2. The molecule has 0 bridgehead atoms. The van der Waals surface area contributed by atoms with Gasteiger partial charge in [-0.05, 0) is 12.5 Å². The molecule has 7 heteroatoms. The van der Waals surface area contributed by atoms with E-state index in [1.54, 1.807) is 37.3 Å². The van der Waals surface area contributed by atoms with Crippen molar-refractivity contribution >= 4 is 11.9 Å². The minimum atomic E-state index is -1.04. The van der Waals surface area contributed by atoms with Crippen LogP contribution in [0, 0.1) is 6.92 Å². The average molecular weight is 289 g/mol. The summed E-state index contributed by atoms with van der Waals surface area (Å²) < 4.78 is 1.31. The monoisotopic (exact) mass is 289 g/mol. The van der Waals surface area contributed by atoms with Crippen molar-refractivity contribution in [2.45, 2.75) is 25.8 Å². The first-order chi connectivity index (χ1) is 10.0. The Bertz CT molecular complexity index is 651. The van der Waals surface area contributed by atoms with Crippen molar-refractivity contribution in [2.24, 2.45) is 0 Å². The van der Waals surface area contributed by atoms with E-state index < -0.39 is 18.0 Å². The number of aryl methyl sites for hydroxylation is 1. The van der Waals surface area contributed by atoms with Gasteiger partial charge in [-0.3, -0.25) is 4.79 Å². The first-order valence-electron chi connectivity index (χ1n) is 6.41. The zero-order valence-corrected chi connectivity index (χ0v) is 11.4. The molecule has 0 radical (unpaired) electrons. The molecule has 0 aliphatic heterocycles. The van der Waals surface area contributed by atoms with Gasteiger partial charge < -0.3 is 10.2 Å². The molecular weight excluding hydrogens is 274 g/mol. The van der Waals surface area contributed by atoms with Crippen molar-refractivity contribution in [3.63, 3.8) is 0 Å². The van der Waals surface area contributed by atoms with Crippen LogP contribution in [0.1, 0.15) is 29.4 Å². The molecule has 0 fully saturated rings. The van der Waals surface area contributed by atoms with Gasteiger partial charge in [0.2, 0.25) is 0 Å². The van der Waals surface area contributed by atoms with Crippen LogP contribution >= 0.6 is 0 Å². The lowest BCUT2D eigenvalue weighted by Gasteiger charge is -2.14. The van der Waals surface area contributed by atoms with E-state index in [0.717, 1.165) is 0 Å². The zero-order valence-electron chi connectivity index (χ0n) is 11.4. The van der Waals surface area contributed by atoms with E-state index in [4.69, 9.17) is 5.11 Å². The topological polar surface area (TPSA) is 105 Å². The lowest BCUT2D eigenvalue weighted by Crippen LogP contribution is -2.22. The molecular formula is C14H15N3O4. The molecule has 1 aromatic heterocycles. The van der Waals surface area contributed by atoms with E-state index >= 15 is 0 Å². The first-order valence-corrected chi connectivity index (χ1v) is 6.41. The SMILES string of the molecule is Cc1c(CCC(=O)O)nnn1C(C(=O)O)c1ccccc1. The van der Waals surface area contributed by atoms with Gasteiger partial charge in [-0.2, -0.15) is 0 Å². The number of benzene rings is 1. The highest BCUT2D eigenvalue weighted by Gasteiger charge is 2.25. The molecule has 0 spiro atoms. The standard InChI is InChI=1S/C14H15N3O4/c1-9-11(7-8-12(18)19)15-16-17(9)13(14(20)21)10-5-3-2-4-6-10/h2-6,13H,7-8H2,1H3,(H,18,19)(H,20,21). The van der Waals surface area contributed by atoms with E-state index in [0.29, 0.717) is 17.0 Å². The van der Waals surface area contributed by atoms with Crippen LogP contribution < -0.4 is 0 Å². The molecule has 0 saturated carbocycles. The summed E-state index contributed by atoms with van der Waals surface area (Å²) in [5.41, 5.74) is 1.65. The van der Waals surface area contributed by atoms with Crippen molar-refractivity contribution in [2.75, 3.05) is 0 Å². The molecule has 1 heterocycles. The maximum atomic E-state index is 11.5. The van der Waals surface area contributed by atoms with Gasteiger partial charge in [0.25, 0.3) is 0 Å². The Morgan fingerprint density at radius 1 is 1.24 bits per heavy atom. The van der Waals surface area contributed by atoms with Crippen LogP contribution in [0.3, 0.4) is 0 Å². The minimum absolute atomic E-state index is 0.0669. The molecule has 1 aromatic carbocycles. The van der Waals surface area contributed by atoms with Crippen LogP contribution in [0.5, 0.6) is 0 Å². The molecule has 0 aliphatic rings. The molecule has 1 unspecified atom stereocenters. The molecule has 0 saturated heterocycles.